The number of aromatic hydroxyl groups is 1. The minimum Gasteiger partial charge on any atom is -0.507 e. The van der Waals surface area contributed by atoms with Crippen LogP contribution in [-0.4, -0.2) is 23.6 Å². The first-order valence-corrected chi connectivity index (χ1v) is 5.58. The van der Waals surface area contributed by atoms with E-state index in [-0.39, 0.29) is 0 Å². The normalized spacial score (nSPS) is 11.0. The van der Waals surface area contributed by atoms with Crippen LogP contribution in [-0.2, 0) is 13.0 Å². The Kier molecular flexibility index (Phi) is 4.15. The van der Waals surface area contributed by atoms with Crippen LogP contribution in [0.25, 0.3) is 0 Å². The van der Waals surface area contributed by atoms with Crippen molar-refractivity contribution in [2.75, 3.05) is 13.6 Å². The molecule has 15 heavy (non-hydrogen) atoms. The predicted octanol–water partition coefficient (Wildman–Crippen LogP) is 2.71. The van der Waals surface area contributed by atoms with Crippen LogP contribution in [0.3, 0.4) is 0 Å². The minimum atomic E-state index is 0.475. The Labute approximate surface area is 92.5 Å². The van der Waals surface area contributed by atoms with Crippen molar-refractivity contribution in [2.24, 2.45) is 0 Å². The van der Waals surface area contributed by atoms with Crippen molar-refractivity contribution in [3.8, 4) is 5.75 Å². The SMILES string of the molecule is CCc1cc(C)cc(CN(C)CC)c1O. The van der Waals surface area contributed by atoms with Gasteiger partial charge in [0, 0.05) is 12.1 Å². The highest BCUT2D eigenvalue weighted by Crippen LogP contribution is 2.25. The minimum absolute atomic E-state index is 0.475. The van der Waals surface area contributed by atoms with Gasteiger partial charge in [-0.3, -0.25) is 0 Å². The van der Waals surface area contributed by atoms with Gasteiger partial charge in [-0.2, -0.15) is 0 Å². The van der Waals surface area contributed by atoms with Crippen molar-refractivity contribution in [3.05, 3.63) is 28.8 Å². The summed E-state index contributed by atoms with van der Waals surface area (Å²) in [4.78, 5) is 2.19. The molecule has 0 heterocycles. The van der Waals surface area contributed by atoms with Crippen LogP contribution in [0.15, 0.2) is 12.1 Å². The van der Waals surface area contributed by atoms with Crippen molar-refractivity contribution >= 4 is 0 Å². The molecule has 0 aromatic heterocycles. The number of rotatable bonds is 4. The first-order chi connectivity index (χ1) is 7.08. The number of benzene rings is 1. The second kappa shape index (κ2) is 5.17. The average Bonchev–Trinajstić information content (AvgIpc) is 2.22. The smallest absolute Gasteiger partial charge is 0.123 e. The topological polar surface area (TPSA) is 23.5 Å². The lowest BCUT2D eigenvalue weighted by molar-refractivity contribution is 0.336. The van der Waals surface area contributed by atoms with Gasteiger partial charge in [0.1, 0.15) is 5.75 Å². The molecule has 1 N–H and O–H groups in total. The van der Waals surface area contributed by atoms with Crippen LogP contribution in [0.2, 0.25) is 0 Å². The summed E-state index contributed by atoms with van der Waals surface area (Å²) < 4.78 is 0. The monoisotopic (exact) mass is 207 g/mol. The first-order valence-electron chi connectivity index (χ1n) is 5.58. The van der Waals surface area contributed by atoms with E-state index in [9.17, 15) is 5.11 Å². The highest BCUT2D eigenvalue weighted by molar-refractivity contribution is 5.43. The van der Waals surface area contributed by atoms with Crippen LogP contribution in [0.1, 0.15) is 30.5 Å². The molecule has 0 amide bonds. The molecule has 0 aliphatic rings. The lowest BCUT2D eigenvalue weighted by Gasteiger charge is -2.17. The van der Waals surface area contributed by atoms with Crippen LogP contribution in [0, 0.1) is 6.92 Å². The fraction of sp³-hybridized carbons (Fsp3) is 0.538. The van der Waals surface area contributed by atoms with Crippen LogP contribution < -0.4 is 0 Å². The summed E-state index contributed by atoms with van der Waals surface area (Å²) in [5.41, 5.74) is 3.31. The molecule has 0 fully saturated rings. The maximum Gasteiger partial charge on any atom is 0.123 e. The summed E-state index contributed by atoms with van der Waals surface area (Å²) in [6.07, 6.45) is 0.885. The summed E-state index contributed by atoms with van der Waals surface area (Å²) in [6.45, 7) is 8.08. The fourth-order valence-corrected chi connectivity index (χ4v) is 1.73. The van der Waals surface area contributed by atoms with E-state index >= 15 is 0 Å². The van der Waals surface area contributed by atoms with E-state index in [1.807, 2.05) is 0 Å². The Bertz CT molecular complexity index is 334. The molecule has 1 rings (SSSR count). The van der Waals surface area contributed by atoms with Crippen LogP contribution in [0.4, 0.5) is 0 Å². The molecular formula is C13H21NO. The Morgan fingerprint density at radius 3 is 2.33 bits per heavy atom. The zero-order chi connectivity index (χ0) is 11.4. The third kappa shape index (κ3) is 2.96. The van der Waals surface area contributed by atoms with Gasteiger partial charge in [-0.1, -0.05) is 31.5 Å². The number of aryl methyl sites for hydroxylation is 2. The summed E-state index contributed by atoms with van der Waals surface area (Å²) in [6, 6.07) is 4.13. The molecule has 0 saturated carbocycles. The van der Waals surface area contributed by atoms with Gasteiger partial charge in [-0.05, 0) is 32.5 Å². The molecule has 0 bridgehead atoms. The van der Waals surface area contributed by atoms with E-state index in [2.05, 4.69) is 44.9 Å². The van der Waals surface area contributed by atoms with Gasteiger partial charge in [0.15, 0.2) is 0 Å². The van der Waals surface area contributed by atoms with Crippen molar-refractivity contribution in [1.82, 2.24) is 4.90 Å². The van der Waals surface area contributed by atoms with Gasteiger partial charge in [0.25, 0.3) is 0 Å². The molecule has 2 heteroatoms. The number of phenols is 1. The Morgan fingerprint density at radius 2 is 1.80 bits per heavy atom. The molecule has 0 radical (unpaired) electrons. The van der Waals surface area contributed by atoms with Gasteiger partial charge in [0.2, 0.25) is 0 Å². The summed E-state index contributed by atoms with van der Waals surface area (Å²) in [5, 5.41) is 10.0. The molecule has 1 aromatic carbocycles. The Balaban J connectivity index is 3.01. The molecular weight excluding hydrogens is 186 g/mol. The first kappa shape index (κ1) is 12.1. The van der Waals surface area contributed by atoms with E-state index in [1.165, 1.54) is 5.56 Å². The van der Waals surface area contributed by atoms with Gasteiger partial charge in [-0.25, -0.2) is 0 Å². The van der Waals surface area contributed by atoms with Crippen LogP contribution in [0.5, 0.6) is 5.75 Å². The lowest BCUT2D eigenvalue weighted by atomic mass is 10.0. The largest absolute Gasteiger partial charge is 0.507 e. The summed E-state index contributed by atoms with van der Waals surface area (Å²) in [5.74, 6) is 0.475. The van der Waals surface area contributed by atoms with Gasteiger partial charge in [-0.15, -0.1) is 0 Å². The fourth-order valence-electron chi connectivity index (χ4n) is 1.73. The molecule has 2 nitrogen and oxygen atoms in total. The number of hydrogen-bond acceptors (Lipinski definition) is 2. The predicted molar refractivity (Wildman–Crippen MR) is 64.2 cm³/mol. The number of hydrogen-bond donors (Lipinski definition) is 1. The molecule has 0 atom stereocenters. The molecule has 0 spiro atoms. The van der Waals surface area contributed by atoms with E-state index in [0.717, 1.165) is 30.6 Å². The maximum atomic E-state index is 10.0. The van der Waals surface area contributed by atoms with Crippen LogP contribution >= 0.6 is 0 Å². The van der Waals surface area contributed by atoms with Gasteiger partial charge in [0.05, 0.1) is 0 Å². The Morgan fingerprint density at radius 1 is 1.20 bits per heavy atom. The molecule has 0 aliphatic heterocycles. The maximum absolute atomic E-state index is 10.0. The summed E-state index contributed by atoms with van der Waals surface area (Å²) in [7, 11) is 2.06. The van der Waals surface area contributed by atoms with Crippen molar-refractivity contribution in [1.29, 1.82) is 0 Å². The second-order valence-corrected chi connectivity index (χ2v) is 4.12. The highest BCUT2D eigenvalue weighted by Gasteiger charge is 2.08. The van der Waals surface area contributed by atoms with Crippen molar-refractivity contribution in [2.45, 2.75) is 33.7 Å². The molecule has 1 aromatic rings. The lowest BCUT2D eigenvalue weighted by Crippen LogP contribution is -2.17. The highest BCUT2D eigenvalue weighted by atomic mass is 16.3. The average molecular weight is 207 g/mol. The van der Waals surface area contributed by atoms with Crippen molar-refractivity contribution in [3.63, 3.8) is 0 Å². The zero-order valence-corrected chi connectivity index (χ0v) is 10.2. The molecule has 0 aliphatic carbocycles. The van der Waals surface area contributed by atoms with E-state index in [1.54, 1.807) is 0 Å². The van der Waals surface area contributed by atoms with E-state index in [4.69, 9.17) is 0 Å². The molecule has 0 unspecified atom stereocenters. The third-order valence-corrected chi connectivity index (χ3v) is 2.77. The standard InChI is InChI=1S/C13H21NO/c1-5-11-7-10(3)8-12(13(11)15)9-14(4)6-2/h7-8,15H,5-6,9H2,1-4H3. The Hall–Kier alpha value is -1.02. The summed E-state index contributed by atoms with van der Waals surface area (Å²) >= 11 is 0. The quantitative estimate of drug-likeness (QED) is 0.820. The van der Waals surface area contributed by atoms with Gasteiger partial charge < -0.3 is 10.0 Å². The zero-order valence-electron chi connectivity index (χ0n) is 10.2. The molecule has 84 valence electrons. The van der Waals surface area contributed by atoms with E-state index in [0.29, 0.717) is 5.75 Å². The van der Waals surface area contributed by atoms with Crippen molar-refractivity contribution < 1.29 is 5.11 Å². The number of phenolic OH excluding ortho intramolecular Hbond substituents is 1. The molecule has 0 saturated heterocycles. The van der Waals surface area contributed by atoms with Gasteiger partial charge >= 0.3 is 0 Å². The number of nitrogens with zero attached hydrogens (tertiary/aromatic N) is 1. The second-order valence-electron chi connectivity index (χ2n) is 4.12. The third-order valence-electron chi connectivity index (χ3n) is 2.77. The van der Waals surface area contributed by atoms with E-state index < -0.39 is 0 Å².